The summed E-state index contributed by atoms with van der Waals surface area (Å²) in [4.78, 5) is 41.9. The molecule has 39 heavy (non-hydrogen) atoms. The Labute approximate surface area is 228 Å². The number of hydrogen-bond acceptors (Lipinski definition) is 8. The predicted octanol–water partition coefficient (Wildman–Crippen LogP) is 2.81. The second-order valence-corrected chi connectivity index (χ2v) is 9.89. The van der Waals surface area contributed by atoms with Gasteiger partial charge in [0.2, 0.25) is 11.4 Å². The average molecular weight is 538 g/mol. The summed E-state index contributed by atoms with van der Waals surface area (Å²) in [5.41, 5.74) is 1.53. The minimum atomic E-state index is -0.658. The molecule has 0 saturated carbocycles. The zero-order valence-electron chi connectivity index (χ0n) is 23.4. The SMILES string of the molecule is CCCNc1nc(O[n+]2[nH]nc3ccccc32)ncc1C#CCCCNC(=O)[C@H](C)N(C)C(=O)OC(C)(C)C. The normalized spacial score (nSPS) is 11.7. The summed E-state index contributed by atoms with van der Waals surface area (Å²) in [7, 11) is 1.54. The number of anilines is 1. The molecule has 2 heterocycles. The average Bonchev–Trinajstić information content (AvgIpc) is 3.30. The number of carbonyl (C=O) groups excluding carboxylic acids is 2. The number of aromatic amines is 1. The highest BCUT2D eigenvalue weighted by Gasteiger charge is 2.26. The van der Waals surface area contributed by atoms with E-state index in [1.807, 2.05) is 24.3 Å². The van der Waals surface area contributed by atoms with E-state index in [9.17, 15) is 9.59 Å². The second-order valence-electron chi connectivity index (χ2n) is 9.89. The lowest BCUT2D eigenvalue weighted by atomic mass is 10.2. The Kier molecular flexibility index (Phi) is 10.0. The third kappa shape index (κ3) is 8.56. The third-order valence-electron chi connectivity index (χ3n) is 5.49. The van der Waals surface area contributed by atoms with Gasteiger partial charge in [-0.2, -0.15) is 9.97 Å². The first kappa shape index (κ1) is 29.2. The van der Waals surface area contributed by atoms with Crippen LogP contribution in [0.4, 0.5) is 10.6 Å². The van der Waals surface area contributed by atoms with Gasteiger partial charge in [0, 0.05) is 36.5 Å². The molecule has 3 rings (SSSR count). The zero-order chi connectivity index (χ0) is 28.4. The number of amides is 2. The van der Waals surface area contributed by atoms with Crippen molar-refractivity contribution in [2.45, 2.75) is 65.5 Å². The monoisotopic (exact) mass is 537 g/mol. The van der Waals surface area contributed by atoms with Crippen molar-refractivity contribution >= 4 is 28.9 Å². The summed E-state index contributed by atoms with van der Waals surface area (Å²) in [6, 6.07) is 7.01. The van der Waals surface area contributed by atoms with E-state index in [0.29, 0.717) is 37.3 Å². The maximum absolute atomic E-state index is 12.4. The lowest BCUT2D eigenvalue weighted by Crippen LogP contribution is -2.47. The van der Waals surface area contributed by atoms with Gasteiger partial charge in [-0.15, -0.1) is 0 Å². The number of likely N-dealkylation sites (N-methyl/N-ethyl adjacent to an activating group) is 1. The smallest absolute Gasteiger partial charge is 0.410 e. The lowest BCUT2D eigenvalue weighted by Gasteiger charge is -2.28. The molecular formula is C27H37N8O4+. The van der Waals surface area contributed by atoms with Gasteiger partial charge in [0.05, 0.1) is 11.8 Å². The van der Waals surface area contributed by atoms with Crippen molar-refractivity contribution in [3.8, 4) is 17.9 Å². The third-order valence-corrected chi connectivity index (χ3v) is 5.49. The number of nitrogens with one attached hydrogen (secondary N) is 3. The molecule has 0 spiro atoms. The zero-order valence-corrected chi connectivity index (χ0v) is 23.4. The van der Waals surface area contributed by atoms with E-state index in [4.69, 9.17) is 9.57 Å². The minimum absolute atomic E-state index is 0.145. The number of aromatic nitrogens is 5. The first-order valence-electron chi connectivity index (χ1n) is 13.0. The Morgan fingerprint density at radius 3 is 2.74 bits per heavy atom. The molecule has 208 valence electrons. The van der Waals surface area contributed by atoms with Crippen LogP contribution in [0.25, 0.3) is 11.0 Å². The summed E-state index contributed by atoms with van der Waals surface area (Å²) >= 11 is 0. The number of carbonyl (C=O) groups is 2. The largest absolute Gasteiger partial charge is 0.444 e. The van der Waals surface area contributed by atoms with Crippen LogP contribution in [0.1, 0.15) is 59.4 Å². The van der Waals surface area contributed by atoms with Crippen LogP contribution >= 0.6 is 0 Å². The standard InChI is InChI=1S/C27H36N8O4/c1-7-16-28-23-20(18-30-25(31-23)39-35-22-15-11-10-14-21(22)32-33-35)13-9-8-12-17-29-24(36)19(2)34(6)26(37)38-27(3,4)5/h10-11,14-15,18-19H,7-8,12,16-17H2,1-6H3,(H2,28,29,30,31,36)/p+1/t19-/m0/s1. The molecule has 12 heteroatoms. The molecule has 1 atom stereocenters. The molecule has 1 aromatic carbocycles. The number of H-pyrrole nitrogens is 1. The molecule has 0 bridgehead atoms. The number of para-hydroxylation sites is 2. The quantitative estimate of drug-likeness (QED) is 0.204. The van der Waals surface area contributed by atoms with Gasteiger partial charge in [-0.3, -0.25) is 9.69 Å². The molecular weight excluding hydrogens is 500 g/mol. The van der Waals surface area contributed by atoms with Gasteiger partial charge < -0.3 is 15.4 Å². The number of hydrogen-bond donors (Lipinski definition) is 3. The molecule has 2 amide bonds. The number of ether oxygens (including phenoxy) is 1. The van der Waals surface area contributed by atoms with Crippen LogP contribution in [0.5, 0.6) is 6.01 Å². The number of unbranched alkanes of at least 4 members (excludes halogenated alkanes) is 1. The summed E-state index contributed by atoms with van der Waals surface area (Å²) < 4.78 is 5.31. The second kappa shape index (κ2) is 13.4. The highest BCUT2D eigenvalue weighted by Crippen LogP contribution is 2.15. The predicted molar refractivity (Wildman–Crippen MR) is 146 cm³/mol. The van der Waals surface area contributed by atoms with Crippen molar-refractivity contribution < 1.29 is 24.0 Å². The van der Waals surface area contributed by atoms with Crippen LogP contribution in [0.3, 0.4) is 0 Å². The highest BCUT2D eigenvalue weighted by molar-refractivity contribution is 5.85. The fourth-order valence-electron chi connectivity index (χ4n) is 3.28. The van der Waals surface area contributed by atoms with Gasteiger partial charge in [0.1, 0.15) is 17.5 Å². The Bertz CT molecular complexity index is 1340. The molecule has 3 aromatic rings. The summed E-state index contributed by atoms with van der Waals surface area (Å²) in [5.74, 6) is 6.53. The van der Waals surface area contributed by atoms with Crippen molar-refractivity contribution in [3.05, 3.63) is 36.0 Å². The van der Waals surface area contributed by atoms with Crippen molar-refractivity contribution in [1.82, 2.24) is 30.5 Å². The minimum Gasteiger partial charge on any atom is -0.444 e. The summed E-state index contributed by atoms with van der Waals surface area (Å²) in [6.45, 7) is 10.2. The Hall–Kier alpha value is -4.40. The van der Waals surface area contributed by atoms with E-state index in [1.165, 1.54) is 9.75 Å². The van der Waals surface area contributed by atoms with E-state index >= 15 is 0 Å². The highest BCUT2D eigenvalue weighted by atomic mass is 16.7. The molecule has 2 aromatic heterocycles. The van der Waals surface area contributed by atoms with E-state index in [1.54, 1.807) is 40.9 Å². The fraction of sp³-hybridized carbons (Fsp3) is 0.481. The summed E-state index contributed by atoms with van der Waals surface area (Å²) in [6.07, 6.45) is 3.18. The van der Waals surface area contributed by atoms with E-state index in [0.717, 1.165) is 17.5 Å². The van der Waals surface area contributed by atoms with Gasteiger partial charge in [0.25, 0.3) is 5.52 Å². The van der Waals surface area contributed by atoms with Crippen LogP contribution in [0, 0.1) is 11.8 Å². The summed E-state index contributed by atoms with van der Waals surface area (Å²) in [5, 5.41) is 13.1. The molecule has 0 aliphatic rings. The molecule has 0 aliphatic carbocycles. The van der Waals surface area contributed by atoms with Crippen LogP contribution in [-0.4, -0.2) is 69.0 Å². The first-order valence-corrected chi connectivity index (χ1v) is 13.0. The Balaban J connectivity index is 1.54. The van der Waals surface area contributed by atoms with Crippen molar-refractivity contribution in [3.63, 3.8) is 0 Å². The fourth-order valence-corrected chi connectivity index (χ4v) is 3.28. The van der Waals surface area contributed by atoms with Crippen LogP contribution in [-0.2, 0) is 9.53 Å². The maximum atomic E-state index is 12.4. The van der Waals surface area contributed by atoms with E-state index < -0.39 is 17.7 Å². The number of benzene rings is 1. The molecule has 12 nitrogen and oxygen atoms in total. The molecule has 0 saturated heterocycles. The van der Waals surface area contributed by atoms with Crippen molar-refractivity contribution in [2.75, 3.05) is 25.5 Å². The van der Waals surface area contributed by atoms with Crippen molar-refractivity contribution in [1.29, 1.82) is 0 Å². The van der Waals surface area contributed by atoms with Gasteiger partial charge in [-0.05, 0) is 57.9 Å². The molecule has 3 N–H and O–H groups in total. The van der Waals surface area contributed by atoms with Crippen molar-refractivity contribution in [2.24, 2.45) is 0 Å². The molecule has 0 radical (unpaired) electrons. The number of fused-ring (bicyclic) bond motifs is 1. The van der Waals surface area contributed by atoms with E-state index in [2.05, 4.69) is 49.7 Å². The Morgan fingerprint density at radius 2 is 2.00 bits per heavy atom. The van der Waals surface area contributed by atoms with Crippen LogP contribution < -0.4 is 20.3 Å². The molecule has 0 fully saturated rings. The Morgan fingerprint density at radius 1 is 1.23 bits per heavy atom. The van der Waals surface area contributed by atoms with Gasteiger partial charge >= 0.3 is 12.1 Å². The first-order chi connectivity index (χ1) is 18.6. The van der Waals surface area contributed by atoms with Gasteiger partial charge in [0.15, 0.2) is 0 Å². The van der Waals surface area contributed by atoms with Crippen LogP contribution in [0.15, 0.2) is 30.5 Å². The lowest BCUT2D eigenvalue weighted by molar-refractivity contribution is -0.902. The van der Waals surface area contributed by atoms with Gasteiger partial charge in [-0.25, -0.2) is 9.63 Å². The van der Waals surface area contributed by atoms with Crippen LogP contribution in [0.2, 0.25) is 0 Å². The van der Waals surface area contributed by atoms with E-state index in [-0.39, 0.29) is 11.9 Å². The topological polar surface area (TPSA) is 138 Å². The molecule has 0 unspecified atom stereocenters. The maximum Gasteiger partial charge on any atom is 0.410 e. The number of nitrogens with zero attached hydrogens (tertiary/aromatic N) is 5. The molecule has 0 aliphatic heterocycles. The van der Waals surface area contributed by atoms with Gasteiger partial charge in [-0.1, -0.05) is 30.9 Å². The number of rotatable bonds is 10.